The van der Waals surface area contributed by atoms with Crippen LogP contribution in [0.5, 0.6) is 0 Å². The highest BCUT2D eigenvalue weighted by atomic mass is 32.2. The molecule has 0 fully saturated rings. The van der Waals surface area contributed by atoms with Crippen LogP contribution in [0.15, 0.2) is 168 Å². The summed E-state index contributed by atoms with van der Waals surface area (Å²) in [6.45, 7) is 4.64. The normalized spacial score (nSPS) is 14.7. The van der Waals surface area contributed by atoms with Crippen molar-refractivity contribution < 1.29 is 8.42 Å². The average Bonchev–Trinajstić information content (AvgIpc) is 3.69. The highest BCUT2D eigenvalue weighted by Gasteiger charge is 2.36. The molecule has 0 radical (unpaired) electrons. The Bertz CT molecular complexity index is 3100. The lowest BCUT2D eigenvalue weighted by Crippen LogP contribution is -2.15. The summed E-state index contributed by atoms with van der Waals surface area (Å²) in [5.41, 5.74) is 12.2. The van der Waals surface area contributed by atoms with E-state index < -0.39 is 9.84 Å². The number of imidazole rings is 1. The van der Waals surface area contributed by atoms with Gasteiger partial charge in [-0.15, -0.1) is 0 Å². The number of rotatable bonds is 3. The van der Waals surface area contributed by atoms with Crippen LogP contribution < -0.4 is 0 Å². The first-order valence-electron chi connectivity index (χ1n) is 18.0. The molecule has 5 heteroatoms. The van der Waals surface area contributed by atoms with Crippen molar-refractivity contribution in [1.82, 2.24) is 9.55 Å². The Kier molecular flexibility index (Phi) is 6.08. The van der Waals surface area contributed by atoms with E-state index in [1.54, 1.807) is 12.1 Å². The molecule has 1 aliphatic carbocycles. The Morgan fingerprint density at radius 3 is 1.79 bits per heavy atom. The second-order valence-corrected chi connectivity index (χ2v) is 16.6. The molecule has 0 spiro atoms. The van der Waals surface area contributed by atoms with E-state index in [0.717, 1.165) is 44.1 Å². The molecule has 9 aromatic rings. The van der Waals surface area contributed by atoms with E-state index in [1.165, 1.54) is 33.4 Å². The Morgan fingerprint density at radius 1 is 0.509 bits per heavy atom. The smallest absolute Gasteiger partial charge is 0.210 e. The third-order valence-corrected chi connectivity index (χ3v) is 13.4. The van der Waals surface area contributed by atoms with Gasteiger partial charge in [-0.2, -0.15) is 0 Å². The fraction of sp³-hybridized carbons (Fsp3) is 0.0625. The zero-order valence-electron chi connectivity index (χ0n) is 29.1. The number of hydrogen-bond donors (Lipinski definition) is 0. The number of aromatic nitrogens is 2. The predicted molar refractivity (Wildman–Crippen MR) is 215 cm³/mol. The van der Waals surface area contributed by atoms with E-state index in [4.69, 9.17) is 4.98 Å². The van der Waals surface area contributed by atoms with Gasteiger partial charge in [0.2, 0.25) is 9.84 Å². The maximum Gasteiger partial charge on any atom is 0.210 e. The van der Waals surface area contributed by atoms with Gasteiger partial charge >= 0.3 is 0 Å². The molecule has 2 heterocycles. The van der Waals surface area contributed by atoms with E-state index in [1.807, 2.05) is 53.1 Å². The van der Waals surface area contributed by atoms with Gasteiger partial charge in [-0.25, -0.2) is 13.4 Å². The second-order valence-electron chi connectivity index (χ2n) is 14.7. The van der Waals surface area contributed by atoms with Gasteiger partial charge in [-0.3, -0.25) is 4.57 Å². The summed E-state index contributed by atoms with van der Waals surface area (Å²) in [5, 5.41) is 4.41. The van der Waals surface area contributed by atoms with E-state index in [9.17, 15) is 8.42 Å². The van der Waals surface area contributed by atoms with Crippen molar-refractivity contribution in [2.45, 2.75) is 29.1 Å². The molecule has 0 saturated heterocycles. The van der Waals surface area contributed by atoms with Crippen molar-refractivity contribution in [3.05, 3.63) is 169 Å². The van der Waals surface area contributed by atoms with Crippen LogP contribution in [0, 0.1) is 0 Å². The Balaban J connectivity index is 1.17. The van der Waals surface area contributed by atoms with Crippen LogP contribution in [0.4, 0.5) is 0 Å². The number of hydrogen-bond acceptors (Lipinski definition) is 3. The summed E-state index contributed by atoms with van der Waals surface area (Å²) in [6.07, 6.45) is 0. The Labute approximate surface area is 307 Å². The first-order chi connectivity index (χ1) is 25.8. The van der Waals surface area contributed by atoms with Crippen LogP contribution in [0.1, 0.15) is 25.0 Å². The minimum absolute atomic E-state index is 0.123. The van der Waals surface area contributed by atoms with Crippen molar-refractivity contribution >= 4 is 42.4 Å². The van der Waals surface area contributed by atoms with Gasteiger partial charge in [0.1, 0.15) is 5.82 Å². The highest BCUT2D eigenvalue weighted by molar-refractivity contribution is 7.92. The molecule has 0 N–H and O–H groups in total. The molecule has 0 bridgehead atoms. The van der Waals surface area contributed by atoms with Crippen molar-refractivity contribution in [1.29, 1.82) is 0 Å². The minimum atomic E-state index is -3.87. The molecule has 2 aliphatic rings. The molecule has 0 unspecified atom stereocenters. The number of nitrogens with zero attached hydrogens (tertiary/aromatic N) is 2. The molecule has 1 aliphatic heterocycles. The highest BCUT2D eigenvalue weighted by Crippen LogP contribution is 2.52. The first kappa shape index (κ1) is 30.3. The lowest BCUT2D eigenvalue weighted by atomic mass is 9.80. The summed E-state index contributed by atoms with van der Waals surface area (Å²) in [5.74, 6) is 0.720. The molecule has 0 saturated carbocycles. The predicted octanol–water partition coefficient (Wildman–Crippen LogP) is 11.8. The van der Waals surface area contributed by atoms with Gasteiger partial charge in [-0.05, 0) is 96.4 Å². The molecule has 53 heavy (non-hydrogen) atoms. The number of sulfone groups is 1. The van der Waals surface area contributed by atoms with Crippen LogP contribution in [0.2, 0.25) is 0 Å². The zero-order valence-corrected chi connectivity index (χ0v) is 29.9. The van der Waals surface area contributed by atoms with Crippen molar-refractivity contribution in [3.63, 3.8) is 0 Å². The fourth-order valence-corrected chi connectivity index (χ4v) is 10.8. The molecular weight excluding hydrogens is 669 g/mol. The largest absolute Gasteiger partial charge is 0.290 e. The summed E-state index contributed by atoms with van der Waals surface area (Å²) in [4.78, 5) is 5.52. The van der Waals surface area contributed by atoms with Crippen molar-refractivity contribution in [2.75, 3.05) is 0 Å². The molecule has 4 nitrogen and oxygen atoms in total. The second kappa shape index (κ2) is 10.6. The summed E-state index contributed by atoms with van der Waals surface area (Å²) in [6, 6.07) is 54.1. The quantitative estimate of drug-likeness (QED) is 0.172. The number of para-hydroxylation sites is 1. The molecule has 0 amide bonds. The molecule has 252 valence electrons. The minimum Gasteiger partial charge on any atom is -0.290 e. The summed E-state index contributed by atoms with van der Waals surface area (Å²) in [7, 11) is -3.87. The van der Waals surface area contributed by atoms with Crippen LogP contribution in [0.25, 0.3) is 83.0 Å². The molecular formula is C48H32N2O2S. The van der Waals surface area contributed by atoms with Gasteiger partial charge in [0.05, 0.1) is 26.5 Å². The van der Waals surface area contributed by atoms with Gasteiger partial charge in [0.25, 0.3) is 0 Å². The molecule has 1 aromatic heterocycles. The van der Waals surface area contributed by atoms with E-state index >= 15 is 0 Å². The SMILES string of the molecule is CC1(C)c2ccccc2-c2ccc(-c3c4ccccc4c(-c4ccc5c(c4)S(=O)(=O)c4cccc6nc(-c7ccccc7)n-5c46)c4ccccc34)cc21. The van der Waals surface area contributed by atoms with Crippen molar-refractivity contribution in [3.8, 4) is 50.5 Å². The Morgan fingerprint density at radius 2 is 1.09 bits per heavy atom. The lowest BCUT2D eigenvalue weighted by molar-refractivity contribution is 0.594. The first-order valence-corrected chi connectivity index (χ1v) is 19.5. The van der Waals surface area contributed by atoms with Gasteiger partial charge in [-0.1, -0.05) is 141 Å². The third kappa shape index (κ3) is 4.06. The van der Waals surface area contributed by atoms with Crippen LogP contribution in [0.3, 0.4) is 0 Å². The maximum absolute atomic E-state index is 14.6. The third-order valence-electron chi connectivity index (χ3n) is 11.5. The molecule has 0 atom stereocenters. The molecule has 11 rings (SSSR count). The summed E-state index contributed by atoms with van der Waals surface area (Å²) < 4.78 is 31.1. The van der Waals surface area contributed by atoms with Gasteiger partial charge in [0.15, 0.2) is 0 Å². The monoisotopic (exact) mass is 700 g/mol. The van der Waals surface area contributed by atoms with Gasteiger partial charge < -0.3 is 0 Å². The van der Waals surface area contributed by atoms with E-state index in [0.29, 0.717) is 16.7 Å². The Hall–Kier alpha value is -6.30. The average molecular weight is 701 g/mol. The van der Waals surface area contributed by atoms with Crippen LogP contribution in [-0.2, 0) is 15.3 Å². The lowest BCUT2D eigenvalue weighted by Gasteiger charge is -2.24. The topological polar surface area (TPSA) is 52.0 Å². The standard InChI is InChI=1S/C48H32N2O2S/c1-48(2)38-20-11-10-15-32(38)33-25-23-30(27-39(33)48)44-34-16-6-8-18-36(34)45(37-19-9-7-17-35(37)44)31-24-26-41-43(28-31)53(51,52)42-22-12-21-40-46(42)50(41)47(49-40)29-13-4-3-5-14-29/h3-28H,1-2H3. The fourth-order valence-electron chi connectivity index (χ4n) is 9.13. The van der Waals surface area contributed by atoms with E-state index in [-0.39, 0.29) is 15.2 Å². The number of fused-ring (bicyclic) bond motifs is 7. The van der Waals surface area contributed by atoms with Crippen LogP contribution in [-0.4, -0.2) is 18.0 Å². The van der Waals surface area contributed by atoms with Crippen LogP contribution >= 0.6 is 0 Å². The maximum atomic E-state index is 14.6. The molecule has 8 aromatic carbocycles. The van der Waals surface area contributed by atoms with E-state index in [2.05, 4.69) is 111 Å². The summed E-state index contributed by atoms with van der Waals surface area (Å²) >= 11 is 0. The number of benzene rings is 8. The van der Waals surface area contributed by atoms with Gasteiger partial charge in [0, 0.05) is 11.0 Å². The van der Waals surface area contributed by atoms with Crippen molar-refractivity contribution in [2.24, 2.45) is 0 Å². The zero-order chi connectivity index (χ0) is 35.6.